The van der Waals surface area contributed by atoms with Crippen molar-refractivity contribution in [1.82, 2.24) is 0 Å². The molecule has 184 valence electrons. The first-order valence-electron chi connectivity index (χ1n) is 12.0. The first-order valence-corrected chi connectivity index (χ1v) is 12.0. The van der Waals surface area contributed by atoms with Gasteiger partial charge >= 0.3 is 5.97 Å². The number of benzene rings is 4. The highest BCUT2D eigenvalue weighted by molar-refractivity contribution is 6.51. The third-order valence-electron chi connectivity index (χ3n) is 6.63. The number of fused-ring (bicyclic) bond motifs is 1. The van der Waals surface area contributed by atoms with Gasteiger partial charge in [-0.2, -0.15) is 0 Å². The minimum Gasteiger partial charge on any atom is -0.507 e. The molecule has 37 heavy (non-hydrogen) atoms. The number of hydrogen-bond donors (Lipinski definition) is 1. The predicted molar refractivity (Wildman–Crippen MR) is 142 cm³/mol. The molecule has 6 heteroatoms. The number of rotatable bonds is 5. The third kappa shape index (κ3) is 4.16. The van der Waals surface area contributed by atoms with Crippen LogP contribution in [0.2, 0.25) is 0 Å². The van der Waals surface area contributed by atoms with E-state index in [2.05, 4.69) is 0 Å². The number of carbonyl (C=O) groups excluding carboxylic acids is 3. The van der Waals surface area contributed by atoms with E-state index in [-0.39, 0.29) is 17.9 Å². The number of aliphatic hydroxyl groups is 1. The summed E-state index contributed by atoms with van der Waals surface area (Å²) in [6, 6.07) is 26.0. The van der Waals surface area contributed by atoms with Crippen molar-refractivity contribution in [2.24, 2.45) is 0 Å². The minimum atomic E-state index is -0.853. The molecule has 1 atom stereocenters. The van der Waals surface area contributed by atoms with Crippen molar-refractivity contribution in [3.05, 3.63) is 119 Å². The largest absolute Gasteiger partial charge is 0.507 e. The summed E-state index contributed by atoms with van der Waals surface area (Å²) >= 11 is 0. The molecule has 1 fully saturated rings. The second kappa shape index (κ2) is 9.74. The molecule has 1 amide bonds. The fraction of sp³-hybridized carbons (Fsp3) is 0.129. The molecule has 5 rings (SSSR count). The fourth-order valence-electron chi connectivity index (χ4n) is 4.84. The lowest BCUT2D eigenvalue weighted by Crippen LogP contribution is -2.29. The highest BCUT2D eigenvalue weighted by Gasteiger charge is 2.47. The second-order valence-electron chi connectivity index (χ2n) is 8.82. The Labute approximate surface area is 214 Å². The number of anilines is 1. The van der Waals surface area contributed by atoms with E-state index in [4.69, 9.17) is 4.74 Å². The van der Waals surface area contributed by atoms with Crippen molar-refractivity contribution in [2.45, 2.75) is 19.9 Å². The van der Waals surface area contributed by atoms with Gasteiger partial charge in [0.05, 0.1) is 23.8 Å². The zero-order valence-electron chi connectivity index (χ0n) is 20.5. The van der Waals surface area contributed by atoms with Crippen LogP contribution in [0.25, 0.3) is 16.5 Å². The first-order chi connectivity index (χ1) is 17.9. The molecule has 0 radical (unpaired) electrons. The lowest BCUT2D eigenvalue weighted by atomic mass is 9.91. The molecule has 0 aliphatic carbocycles. The SMILES string of the molecule is CCOC(=O)c1ccc(N2C(=O)C(=O)/C(=C(/O)c3cccc4ccccc34)C2c2ccccc2C)cc1. The van der Waals surface area contributed by atoms with Crippen LogP contribution >= 0.6 is 0 Å². The van der Waals surface area contributed by atoms with Gasteiger partial charge in [-0.1, -0.05) is 66.7 Å². The van der Waals surface area contributed by atoms with Gasteiger partial charge in [0.1, 0.15) is 5.76 Å². The van der Waals surface area contributed by atoms with Crippen molar-refractivity contribution in [2.75, 3.05) is 11.5 Å². The van der Waals surface area contributed by atoms with Crippen LogP contribution in [-0.2, 0) is 14.3 Å². The molecule has 1 heterocycles. The first kappa shape index (κ1) is 24.0. The number of amides is 1. The Kier molecular flexibility index (Phi) is 6.32. The quantitative estimate of drug-likeness (QED) is 0.161. The minimum absolute atomic E-state index is 0.0186. The van der Waals surface area contributed by atoms with Gasteiger partial charge < -0.3 is 9.84 Å². The predicted octanol–water partition coefficient (Wildman–Crippen LogP) is 5.95. The number of esters is 1. The molecule has 4 aromatic carbocycles. The van der Waals surface area contributed by atoms with Crippen molar-refractivity contribution in [3.8, 4) is 0 Å². The Morgan fingerprint density at radius 2 is 1.57 bits per heavy atom. The molecule has 1 N–H and O–H groups in total. The zero-order valence-corrected chi connectivity index (χ0v) is 20.5. The number of nitrogens with zero attached hydrogens (tertiary/aromatic N) is 1. The summed E-state index contributed by atoms with van der Waals surface area (Å²) in [6.07, 6.45) is 0. The Balaban J connectivity index is 1.71. The Bertz CT molecular complexity index is 1560. The van der Waals surface area contributed by atoms with E-state index in [1.54, 1.807) is 37.3 Å². The molecule has 1 unspecified atom stereocenters. The molecule has 0 bridgehead atoms. The number of Topliss-reactive ketones (excluding diaryl/α,β-unsaturated/α-hetero) is 1. The van der Waals surface area contributed by atoms with Gasteiger partial charge in [-0.3, -0.25) is 14.5 Å². The summed E-state index contributed by atoms with van der Waals surface area (Å²) in [6.45, 7) is 3.87. The van der Waals surface area contributed by atoms with Crippen LogP contribution in [0, 0.1) is 6.92 Å². The van der Waals surface area contributed by atoms with Crippen LogP contribution in [0.4, 0.5) is 5.69 Å². The molecular weight excluding hydrogens is 466 g/mol. The van der Waals surface area contributed by atoms with E-state index in [1.165, 1.54) is 4.90 Å². The number of ketones is 1. The molecule has 6 nitrogen and oxygen atoms in total. The van der Waals surface area contributed by atoms with Gasteiger partial charge in [-0.15, -0.1) is 0 Å². The summed E-state index contributed by atoms with van der Waals surface area (Å²) in [5, 5.41) is 13.3. The summed E-state index contributed by atoms with van der Waals surface area (Å²) < 4.78 is 5.06. The fourth-order valence-corrected chi connectivity index (χ4v) is 4.84. The number of ether oxygens (including phenoxy) is 1. The lowest BCUT2D eigenvalue weighted by molar-refractivity contribution is -0.132. The lowest BCUT2D eigenvalue weighted by Gasteiger charge is -2.27. The van der Waals surface area contributed by atoms with Crippen molar-refractivity contribution in [1.29, 1.82) is 0 Å². The van der Waals surface area contributed by atoms with Crippen molar-refractivity contribution >= 4 is 39.9 Å². The summed E-state index contributed by atoms with van der Waals surface area (Å²) in [4.78, 5) is 40.5. The maximum atomic E-state index is 13.5. The molecule has 0 saturated carbocycles. The number of hydrogen-bond acceptors (Lipinski definition) is 5. The van der Waals surface area contributed by atoms with Gasteiger partial charge in [-0.05, 0) is 60.0 Å². The van der Waals surface area contributed by atoms with Gasteiger partial charge in [0.25, 0.3) is 11.7 Å². The average Bonchev–Trinajstić information content (AvgIpc) is 3.18. The van der Waals surface area contributed by atoms with E-state index in [9.17, 15) is 19.5 Å². The van der Waals surface area contributed by atoms with Crippen LogP contribution < -0.4 is 4.90 Å². The molecule has 0 aromatic heterocycles. The molecular formula is C31H25NO5. The second-order valence-corrected chi connectivity index (χ2v) is 8.82. The summed E-state index contributed by atoms with van der Waals surface area (Å²) in [5.74, 6) is -2.22. The van der Waals surface area contributed by atoms with E-state index in [1.807, 2.05) is 67.6 Å². The average molecular weight is 492 g/mol. The summed E-state index contributed by atoms with van der Waals surface area (Å²) in [7, 11) is 0. The summed E-state index contributed by atoms with van der Waals surface area (Å²) in [5.41, 5.74) is 2.85. The van der Waals surface area contributed by atoms with Crippen LogP contribution in [0.15, 0.2) is 96.6 Å². The van der Waals surface area contributed by atoms with E-state index < -0.39 is 23.7 Å². The highest BCUT2D eigenvalue weighted by atomic mass is 16.5. The van der Waals surface area contributed by atoms with Gasteiger partial charge in [0, 0.05) is 11.3 Å². The van der Waals surface area contributed by atoms with Crippen LogP contribution in [-0.4, -0.2) is 29.4 Å². The van der Waals surface area contributed by atoms with Crippen molar-refractivity contribution < 1.29 is 24.2 Å². The topological polar surface area (TPSA) is 83.9 Å². The highest BCUT2D eigenvalue weighted by Crippen LogP contribution is 2.43. The molecule has 0 spiro atoms. The zero-order chi connectivity index (χ0) is 26.1. The number of carbonyl (C=O) groups is 3. The van der Waals surface area contributed by atoms with Gasteiger partial charge in [0.15, 0.2) is 0 Å². The van der Waals surface area contributed by atoms with Crippen LogP contribution in [0.5, 0.6) is 0 Å². The maximum Gasteiger partial charge on any atom is 0.338 e. The van der Waals surface area contributed by atoms with E-state index in [0.29, 0.717) is 16.8 Å². The van der Waals surface area contributed by atoms with Crippen molar-refractivity contribution in [3.63, 3.8) is 0 Å². The number of aliphatic hydroxyl groups excluding tert-OH is 1. The Hall–Kier alpha value is -4.71. The smallest absolute Gasteiger partial charge is 0.338 e. The van der Waals surface area contributed by atoms with Crippen LogP contribution in [0.1, 0.15) is 40.0 Å². The molecule has 4 aromatic rings. The maximum absolute atomic E-state index is 13.5. The normalized spacial score (nSPS) is 16.8. The standard InChI is InChI=1S/C31H25NO5/c1-3-37-31(36)21-15-17-22(18-16-21)32-27(23-12-6-4-9-19(23)2)26(29(34)30(32)35)28(33)25-14-8-11-20-10-5-7-13-24(20)25/h4-18,27,33H,3H2,1-2H3/b28-26+. The van der Waals surface area contributed by atoms with Gasteiger partial charge in [0.2, 0.25) is 0 Å². The van der Waals surface area contributed by atoms with E-state index >= 15 is 0 Å². The Morgan fingerprint density at radius 3 is 2.30 bits per heavy atom. The molecule has 1 saturated heterocycles. The third-order valence-corrected chi connectivity index (χ3v) is 6.63. The van der Waals surface area contributed by atoms with Crippen LogP contribution in [0.3, 0.4) is 0 Å². The van der Waals surface area contributed by atoms with E-state index in [0.717, 1.165) is 21.9 Å². The van der Waals surface area contributed by atoms with Gasteiger partial charge in [-0.25, -0.2) is 4.79 Å². The monoisotopic (exact) mass is 491 g/mol. The molecule has 1 aliphatic heterocycles. The Morgan fingerprint density at radius 1 is 0.892 bits per heavy atom. The molecule has 1 aliphatic rings. The number of aryl methyl sites for hydroxylation is 1.